The molecule has 0 unspecified atom stereocenters. The number of benzene rings is 1. The van der Waals surface area contributed by atoms with Gasteiger partial charge in [-0.05, 0) is 18.9 Å². The maximum atomic E-state index is 12.1. The number of carbonyl (C=O) groups is 1. The Hall–Kier alpha value is -1.10. The highest BCUT2D eigenvalue weighted by molar-refractivity contribution is 5.85. The Labute approximate surface area is 133 Å². The number of hydrogen-bond donors (Lipinski definition) is 1. The zero-order valence-corrected chi connectivity index (χ0v) is 13.3. The van der Waals surface area contributed by atoms with Gasteiger partial charge in [-0.15, -0.1) is 12.4 Å². The first kappa shape index (κ1) is 18.0. The van der Waals surface area contributed by atoms with Gasteiger partial charge in [0.25, 0.3) is 0 Å². The van der Waals surface area contributed by atoms with E-state index in [1.54, 1.807) is 0 Å². The molecule has 0 bridgehead atoms. The molecule has 1 aliphatic heterocycles. The van der Waals surface area contributed by atoms with E-state index in [0.717, 1.165) is 13.0 Å². The molecule has 0 radical (unpaired) electrons. The van der Waals surface area contributed by atoms with Crippen LogP contribution in [0.1, 0.15) is 31.2 Å². The molecule has 1 aromatic rings. The number of rotatable bonds is 6. The van der Waals surface area contributed by atoms with E-state index in [2.05, 4.69) is 12.1 Å². The van der Waals surface area contributed by atoms with Crippen molar-refractivity contribution in [2.75, 3.05) is 26.3 Å². The van der Waals surface area contributed by atoms with Crippen LogP contribution in [0.3, 0.4) is 0 Å². The average molecular weight is 313 g/mol. The smallest absolute Gasteiger partial charge is 0.222 e. The molecule has 21 heavy (non-hydrogen) atoms. The van der Waals surface area contributed by atoms with Crippen molar-refractivity contribution in [1.29, 1.82) is 0 Å². The fraction of sp³-hybridized carbons (Fsp3) is 0.562. The lowest BCUT2D eigenvalue weighted by Gasteiger charge is -2.16. The molecule has 118 valence electrons. The topological polar surface area (TPSA) is 55.6 Å². The number of amides is 1. The molecule has 0 aliphatic carbocycles. The third-order valence-electron chi connectivity index (χ3n) is 3.83. The Morgan fingerprint density at radius 3 is 2.71 bits per heavy atom. The molecule has 5 heteroatoms. The van der Waals surface area contributed by atoms with Gasteiger partial charge < -0.3 is 15.4 Å². The van der Waals surface area contributed by atoms with Gasteiger partial charge in [-0.3, -0.25) is 4.79 Å². The van der Waals surface area contributed by atoms with Crippen molar-refractivity contribution in [3.05, 3.63) is 35.9 Å². The highest BCUT2D eigenvalue weighted by atomic mass is 35.5. The molecule has 1 amide bonds. The quantitative estimate of drug-likeness (QED) is 0.819. The van der Waals surface area contributed by atoms with Gasteiger partial charge >= 0.3 is 0 Å². The highest BCUT2D eigenvalue weighted by Gasteiger charge is 2.33. The van der Waals surface area contributed by atoms with E-state index in [1.165, 1.54) is 5.56 Å². The fourth-order valence-corrected chi connectivity index (χ4v) is 2.71. The van der Waals surface area contributed by atoms with Gasteiger partial charge in [0.15, 0.2) is 0 Å². The molecule has 0 spiro atoms. The van der Waals surface area contributed by atoms with Crippen LogP contribution in [0.5, 0.6) is 0 Å². The second-order valence-corrected chi connectivity index (χ2v) is 5.28. The summed E-state index contributed by atoms with van der Waals surface area (Å²) in [4.78, 5) is 14.0. The minimum atomic E-state index is 0. The summed E-state index contributed by atoms with van der Waals surface area (Å²) in [5.74, 6) is 0.450. The van der Waals surface area contributed by atoms with Crippen LogP contribution in [-0.2, 0) is 9.53 Å². The van der Waals surface area contributed by atoms with Gasteiger partial charge in [-0.25, -0.2) is 0 Å². The van der Waals surface area contributed by atoms with Crippen LogP contribution in [-0.4, -0.2) is 43.2 Å². The molecule has 4 nitrogen and oxygen atoms in total. The lowest BCUT2D eigenvalue weighted by molar-refractivity contribution is -0.130. The summed E-state index contributed by atoms with van der Waals surface area (Å²) in [6.07, 6.45) is 1.34. The predicted molar refractivity (Wildman–Crippen MR) is 86.7 cm³/mol. The van der Waals surface area contributed by atoms with Crippen molar-refractivity contribution in [2.45, 2.75) is 31.7 Å². The van der Waals surface area contributed by atoms with E-state index in [9.17, 15) is 4.79 Å². The lowest BCUT2D eigenvalue weighted by Crippen LogP contribution is -2.32. The number of nitrogens with two attached hydrogens (primary N) is 1. The average Bonchev–Trinajstić information content (AvgIpc) is 2.86. The third-order valence-corrected chi connectivity index (χ3v) is 3.83. The molecule has 2 atom stereocenters. The number of ether oxygens (including phenoxy) is 1. The molecule has 1 heterocycles. The summed E-state index contributed by atoms with van der Waals surface area (Å²) in [6.45, 7) is 4.72. The number of halogens is 1. The standard InChI is InChI=1S/C16H24N2O2.ClH/c1-2-20-10-6-9-16(19)18-11-14(15(17)12-18)13-7-4-3-5-8-13;/h3-5,7-8,14-15H,2,6,9-12,17H2,1H3;1H/t14-,15+;/m0./s1. The van der Waals surface area contributed by atoms with Crippen molar-refractivity contribution in [2.24, 2.45) is 5.73 Å². The van der Waals surface area contributed by atoms with Crippen molar-refractivity contribution in [3.63, 3.8) is 0 Å². The third kappa shape index (κ3) is 4.99. The number of hydrogen-bond acceptors (Lipinski definition) is 3. The highest BCUT2D eigenvalue weighted by Crippen LogP contribution is 2.26. The molecule has 1 saturated heterocycles. The number of likely N-dealkylation sites (tertiary alicyclic amines) is 1. The van der Waals surface area contributed by atoms with Crippen LogP contribution in [0.2, 0.25) is 0 Å². The van der Waals surface area contributed by atoms with Crippen LogP contribution in [0.15, 0.2) is 30.3 Å². The first-order valence-electron chi connectivity index (χ1n) is 7.38. The van der Waals surface area contributed by atoms with Crippen LogP contribution >= 0.6 is 12.4 Å². The fourth-order valence-electron chi connectivity index (χ4n) is 2.71. The first-order chi connectivity index (χ1) is 9.72. The van der Waals surface area contributed by atoms with E-state index in [4.69, 9.17) is 10.5 Å². The van der Waals surface area contributed by atoms with Crippen LogP contribution in [0.25, 0.3) is 0 Å². The molecule has 1 aromatic carbocycles. The minimum Gasteiger partial charge on any atom is -0.382 e. The normalized spacial score (nSPS) is 21.1. The minimum absolute atomic E-state index is 0. The van der Waals surface area contributed by atoms with Crippen molar-refractivity contribution >= 4 is 18.3 Å². The summed E-state index contributed by atoms with van der Waals surface area (Å²) >= 11 is 0. The van der Waals surface area contributed by atoms with Crippen LogP contribution < -0.4 is 5.73 Å². The van der Waals surface area contributed by atoms with Gasteiger partial charge in [0, 0.05) is 44.7 Å². The SMILES string of the molecule is CCOCCCC(=O)N1C[C@@H](N)[C@H](c2ccccc2)C1.Cl. The van der Waals surface area contributed by atoms with E-state index in [0.29, 0.717) is 26.2 Å². The predicted octanol–water partition coefficient (Wildman–Crippen LogP) is 2.18. The van der Waals surface area contributed by atoms with E-state index in [-0.39, 0.29) is 30.3 Å². The maximum absolute atomic E-state index is 12.1. The van der Waals surface area contributed by atoms with Gasteiger partial charge in [-0.1, -0.05) is 30.3 Å². The summed E-state index contributed by atoms with van der Waals surface area (Å²) in [5.41, 5.74) is 7.42. The Kier molecular flexibility index (Phi) is 7.72. The molecule has 2 N–H and O–H groups in total. The summed E-state index contributed by atoms with van der Waals surface area (Å²) in [5, 5.41) is 0. The molecule has 1 aliphatic rings. The van der Waals surface area contributed by atoms with E-state index < -0.39 is 0 Å². The van der Waals surface area contributed by atoms with Crippen molar-refractivity contribution in [1.82, 2.24) is 4.90 Å². The summed E-state index contributed by atoms with van der Waals surface area (Å²) in [7, 11) is 0. The summed E-state index contributed by atoms with van der Waals surface area (Å²) in [6, 6.07) is 10.3. The van der Waals surface area contributed by atoms with Gasteiger partial charge in [0.2, 0.25) is 5.91 Å². The number of nitrogens with zero attached hydrogens (tertiary/aromatic N) is 1. The van der Waals surface area contributed by atoms with Crippen LogP contribution in [0.4, 0.5) is 0 Å². The Morgan fingerprint density at radius 1 is 1.33 bits per heavy atom. The molecule has 1 fully saturated rings. The van der Waals surface area contributed by atoms with E-state index in [1.807, 2.05) is 30.0 Å². The largest absolute Gasteiger partial charge is 0.382 e. The second-order valence-electron chi connectivity index (χ2n) is 5.28. The summed E-state index contributed by atoms with van der Waals surface area (Å²) < 4.78 is 5.26. The van der Waals surface area contributed by atoms with Crippen molar-refractivity contribution < 1.29 is 9.53 Å². The Balaban J connectivity index is 0.00000220. The number of carbonyl (C=O) groups excluding carboxylic acids is 1. The van der Waals surface area contributed by atoms with Crippen molar-refractivity contribution in [3.8, 4) is 0 Å². The molecule has 0 saturated carbocycles. The zero-order valence-electron chi connectivity index (χ0n) is 12.5. The van der Waals surface area contributed by atoms with Gasteiger partial charge in [0.1, 0.15) is 0 Å². The van der Waals surface area contributed by atoms with Gasteiger partial charge in [0.05, 0.1) is 0 Å². The Bertz CT molecular complexity index is 428. The first-order valence-corrected chi connectivity index (χ1v) is 7.38. The monoisotopic (exact) mass is 312 g/mol. The Morgan fingerprint density at radius 2 is 2.05 bits per heavy atom. The van der Waals surface area contributed by atoms with E-state index >= 15 is 0 Å². The second kappa shape index (κ2) is 9.03. The molecular formula is C16H25ClN2O2. The molecule has 0 aromatic heterocycles. The molecule has 2 rings (SSSR count). The lowest BCUT2D eigenvalue weighted by atomic mass is 9.95. The molecular weight excluding hydrogens is 288 g/mol. The van der Waals surface area contributed by atoms with Gasteiger partial charge in [-0.2, -0.15) is 0 Å². The van der Waals surface area contributed by atoms with Crippen LogP contribution in [0, 0.1) is 0 Å². The zero-order chi connectivity index (χ0) is 14.4. The maximum Gasteiger partial charge on any atom is 0.222 e.